The largest absolute Gasteiger partial charge is 0.454 e. The Bertz CT molecular complexity index is 1380. The summed E-state index contributed by atoms with van der Waals surface area (Å²) in [5, 5.41) is 10.7. The van der Waals surface area contributed by atoms with Crippen molar-refractivity contribution in [3.05, 3.63) is 103 Å². The van der Waals surface area contributed by atoms with Crippen LogP contribution in [0.3, 0.4) is 0 Å². The summed E-state index contributed by atoms with van der Waals surface area (Å²) >= 11 is 11.9. The molecule has 12 heteroatoms. The number of nitrogens with zero attached hydrogens (tertiary/aromatic N) is 2. The molecule has 0 bridgehead atoms. The molecule has 1 heterocycles. The van der Waals surface area contributed by atoms with Crippen LogP contribution < -0.4 is 4.74 Å². The fourth-order valence-corrected chi connectivity index (χ4v) is 3.64. The van der Waals surface area contributed by atoms with E-state index in [4.69, 9.17) is 32.7 Å². The Morgan fingerprint density at radius 1 is 1.03 bits per heavy atom. The highest BCUT2D eigenvalue weighted by atomic mass is 35.5. The van der Waals surface area contributed by atoms with Gasteiger partial charge >= 0.3 is 12.1 Å². The van der Waals surface area contributed by atoms with Crippen LogP contribution in [0.1, 0.15) is 16.7 Å². The molecule has 178 valence electrons. The molecule has 1 aliphatic heterocycles. The van der Waals surface area contributed by atoms with E-state index in [1.165, 1.54) is 12.1 Å². The van der Waals surface area contributed by atoms with Gasteiger partial charge < -0.3 is 9.47 Å². The summed E-state index contributed by atoms with van der Waals surface area (Å²) in [5.41, 5.74) is -1.19. The van der Waals surface area contributed by atoms with Crippen molar-refractivity contribution in [2.45, 2.75) is 6.18 Å². The number of hydrogen-bond donors (Lipinski definition) is 0. The number of hydrogen-bond acceptors (Lipinski definition) is 6. The molecular formula is C23H11Cl2F3N2O5. The van der Waals surface area contributed by atoms with E-state index in [2.05, 4.69) is 4.99 Å². The van der Waals surface area contributed by atoms with Crippen LogP contribution in [-0.2, 0) is 15.7 Å². The second kappa shape index (κ2) is 9.40. The topological polar surface area (TPSA) is 91.0 Å². The molecule has 0 spiro atoms. The summed E-state index contributed by atoms with van der Waals surface area (Å²) in [7, 11) is 0. The van der Waals surface area contributed by atoms with Crippen molar-refractivity contribution in [3.63, 3.8) is 0 Å². The third-order valence-electron chi connectivity index (χ3n) is 4.67. The summed E-state index contributed by atoms with van der Waals surface area (Å²) in [6, 6.07) is 13.3. The van der Waals surface area contributed by atoms with Gasteiger partial charge in [0.1, 0.15) is 5.75 Å². The van der Waals surface area contributed by atoms with E-state index in [1.54, 1.807) is 30.3 Å². The fourth-order valence-electron chi connectivity index (χ4n) is 3.08. The predicted octanol–water partition coefficient (Wildman–Crippen LogP) is 7.06. The lowest BCUT2D eigenvalue weighted by atomic mass is 10.1. The Hall–Kier alpha value is -3.89. The van der Waals surface area contributed by atoms with Crippen LogP contribution in [-0.4, -0.2) is 16.8 Å². The highest BCUT2D eigenvalue weighted by molar-refractivity contribution is 6.37. The molecule has 1 aliphatic rings. The Labute approximate surface area is 205 Å². The minimum atomic E-state index is -4.67. The van der Waals surface area contributed by atoms with Crippen LogP contribution in [0.2, 0.25) is 10.0 Å². The van der Waals surface area contributed by atoms with Crippen molar-refractivity contribution in [2.24, 2.45) is 4.99 Å². The Morgan fingerprint density at radius 3 is 2.29 bits per heavy atom. The molecule has 0 unspecified atom stereocenters. The number of cyclic esters (lactones) is 1. The van der Waals surface area contributed by atoms with Crippen molar-refractivity contribution in [2.75, 3.05) is 0 Å². The monoisotopic (exact) mass is 522 g/mol. The van der Waals surface area contributed by atoms with Crippen molar-refractivity contribution in [1.29, 1.82) is 0 Å². The third-order valence-corrected chi connectivity index (χ3v) is 5.24. The summed E-state index contributed by atoms with van der Waals surface area (Å²) in [5.74, 6) is -1.11. The minimum Gasteiger partial charge on any atom is -0.454 e. The average Bonchev–Trinajstić information content (AvgIpc) is 3.16. The van der Waals surface area contributed by atoms with Crippen molar-refractivity contribution in [3.8, 4) is 11.5 Å². The molecule has 0 saturated carbocycles. The maximum Gasteiger partial charge on any atom is 0.416 e. The quantitative estimate of drug-likeness (QED) is 0.155. The molecule has 0 N–H and O–H groups in total. The van der Waals surface area contributed by atoms with Crippen LogP contribution >= 0.6 is 23.2 Å². The standard InChI is InChI=1S/C23H11Cl2F3N2O5/c24-16-10-14(23(26,27)28)11-17(25)20(16)34-15-6-7-19(30(32)33)13(8-15)9-18-22(31)35-21(29-18)12-4-2-1-3-5-12/h1-11H. The van der Waals surface area contributed by atoms with Crippen LogP contribution in [0.5, 0.6) is 11.5 Å². The van der Waals surface area contributed by atoms with E-state index >= 15 is 0 Å². The van der Waals surface area contributed by atoms with E-state index < -0.39 is 32.7 Å². The Kier molecular flexibility index (Phi) is 6.51. The average molecular weight is 523 g/mol. The minimum absolute atomic E-state index is 0.0280. The van der Waals surface area contributed by atoms with Gasteiger partial charge in [-0.2, -0.15) is 13.2 Å². The van der Waals surface area contributed by atoms with Gasteiger partial charge in [-0.15, -0.1) is 0 Å². The maximum absolute atomic E-state index is 13.0. The molecule has 35 heavy (non-hydrogen) atoms. The molecule has 7 nitrogen and oxygen atoms in total. The first kappa shape index (κ1) is 24.2. The van der Waals surface area contributed by atoms with Gasteiger partial charge in [-0.25, -0.2) is 9.79 Å². The molecular weight excluding hydrogens is 512 g/mol. The lowest BCUT2D eigenvalue weighted by Crippen LogP contribution is -2.05. The summed E-state index contributed by atoms with van der Waals surface area (Å²) in [4.78, 5) is 27.2. The highest BCUT2D eigenvalue weighted by Crippen LogP contribution is 2.42. The van der Waals surface area contributed by atoms with Crippen LogP contribution in [0, 0.1) is 10.1 Å². The first-order valence-corrected chi connectivity index (χ1v) is 10.4. The van der Waals surface area contributed by atoms with Gasteiger partial charge in [0.25, 0.3) is 5.69 Å². The second-order valence-corrected chi connectivity index (χ2v) is 7.86. The number of esters is 1. The first-order chi connectivity index (χ1) is 16.5. The molecule has 4 rings (SSSR count). The van der Waals surface area contributed by atoms with Gasteiger partial charge in [0, 0.05) is 11.6 Å². The summed E-state index contributed by atoms with van der Waals surface area (Å²) in [6.07, 6.45) is -3.53. The number of carbonyl (C=O) groups is 1. The van der Waals surface area contributed by atoms with Gasteiger partial charge in [0.15, 0.2) is 11.4 Å². The number of benzene rings is 3. The number of carbonyl (C=O) groups excluding carboxylic acids is 1. The van der Waals surface area contributed by atoms with Gasteiger partial charge in [-0.05, 0) is 42.5 Å². The number of alkyl halides is 3. The van der Waals surface area contributed by atoms with E-state index in [-0.39, 0.29) is 34.3 Å². The lowest BCUT2D eigenvalue weighted by Gasteiger charge is -2.13. The molecule has 0 fully saturated rings. The molecule has 3 aromatic carbocycles. The number of nitro groups is 1. The first-order valence-electron chi connectivity index (χ1n) is 9.63. The smallest absolute Gasteiger partial charge is 0.416 e. The van der Waals surface area contributed by atoms with Gasteiger partial charge in [0.05, 0.1) is 26.1 Å². The Balaban J connectivity index is 1.71. The van der Waals surface area contributed by atoms with Gasteiger partial charge in [-0.1, -0.05) is 41.4 Å². The summed E-state index contributed by atoms with van der Waals surface area (Å²) < 4.78 is 49.6. The predicted molar refractivity (Wildman–Crippen MR) is 122 cm³/mol. The van der Waals surface area contributed by atoms with Crippen LogP contribution in [0.15, 0.2) is 71.4 Å². The molecule has 0 aliphatic carbocycles. The van der Waals surface area contributed by atoms with Crippen LogP contribution in [0.25, 0.3) is 6.08 Å². The van der Waals surface area contributed by atoms with Crippen molar-refractivity contribution >= 4 is 46.8 Å². The molecule has 0 atom stereocenters. The zero-order valence-electron chi connectivity index (χ0n) is 17.2. The number of ether oxygens (including phenoxy) is 2. The molecule has 0 saturated heterocycles. The number of nitro benzene ring substituents is 1. The highest BCUT2D eigenvalue weighted by Gasteiger charge is 2.32. The molecule has 3 aromatic rings. The van der Waals surface area contributed by atoms with E-state index in [9.17, 15) is 28.1 Å². The van der Waals surface area contributed by atoms with Crippen LogP contribution in [0.4, 0.5) is 18.9 Å². The zero-order chi connectivity index (χ0) is 25.3. The normalized spacial score (nSPS) is 14.6. The van der Waals surface area contributed by atoms with Gasteiger partial charge in [-0.3, -0.25) is 10.1 Å². The number of rotatable bonds is 5. The molecule has 0 amide bonds. The number of aliphatic imine (C=N–C) groups is 1. The van der Waals surface area contributed by atoms with Crippen molar-refractivity contribution in [1.82, 2.24) is 0 Å². The lowest BCUT2D eigenvalue weighted by molar-refractivity contribution is -0.385. The molecule has 0 aromatic heterocycles. The fraction of sp³-hybridized carbons (Fsp3) is 0.0435. The maximum atomic E-state index is 13.0. The Morgan fingerprint density at radius 2 is 1.69 bits per heavy atom. The SMILES string of the molecule is O=C1OC(c2ccccc2)=NC1=Cc1cc(Oc2c(Cl)cc(C(F)(F)F)cc2Cl)ccc1[N+](=O)[O-]. The van der Waals surface area contributed by atoms with E-state index in [0.717, 1.165) is 12.1 Å². The number of halogens is 5. The van der Waals surface area contributed by atoms with Crippen molar-refractivity contribution < 1.29 is 32.4 Å². The second-order valence-electron chi connectivity index (χ2n) is 7.05. The van der Waals surface area contributed by atoms with Gasteiger partial charge in [0.2, 0.25) is 5.90 Å². The zero-order valence-corrected chi connectivity index (χ0v) is 18.7. The summed E-state index contributed by atoms with van der Waals surface area (Å²) in [6.45, 7) is 0. The van der Waals surface area contributed by atoms with E-state index in [0.29, 0.717) is 17.7 Å². The van der Waals surface area contributed by atoms with E-state index in [1.807, 2.05) is 0 Å². The molecule has 0 radical (unpaired) electrons. The third kappa shape index (κ3) is 5.28.